The van der Waals surface area contributed by atoms with Crippen molar-refractivity contribution < 1.29 is 28.9 Å². The fourth-order valence-electron chi connectivity index (χ4n) is 4.58. The van der Waals surface area contributed by atoms with E-state index in [1.807, 2.05) is 45.2 Å². The third-order valence-electron chi connectivity index (χ3n) is 6.52. The summed E-state index contributed by atoms with van der Waals surface area (Å²) in [4.78, 5) is 29.2. The normalized spacial score (nSPS) is 17.3. The third-order valence-corrected chi connectivity index (χ3v) is 7.59. The molecule has 4 rings (SSSR count). The van der Waals surface area contributed by atoms with Crippen molar-refractivity contribution in [3.05, 3.63) is 75.0 Å². The molecule has 1 N–H and O–H groups in total. The number of hydrogen-bond acceptors (Lipinski definition) is 7. The van der Waals surface area contributed by atoms with E-state index in [1.165, 1.54) is 30.5 Å². The number of carbonyl (C=O) groups excluding carboxylic acids is 2. The van der Waals surface area contributed by atoms with Gasteiger partial charge in [0.05, 0.1) is 26.9 Å². The van der Waals surface area contributed by atoms with Gasteiger partial charge in [-0.3, -0.25) is 14.5 Å². The van der Waals surface area contributed by atoms with Crippen molar-refractivity contribution in [2.45, 2.75) is 39.2 Å². The molecule has 7 nitrogen and oxygen atoms in total. The molecule has 0 radical (unpaired) electrons. The number of aliphatic hydroxyl groups excluding tert-OH is 1. The Morgan fingerprint density at radius 1 is 0.919 bits per heavy atom. The Morgan fingerprint density at radius 2 is 1.57 bits per heavy atom. The molecule has 2 aromatic carbocycles. The topological polar surface area (TPSA) is 85.3 Å². The summed E-state index contributed by atoms with van der Waals surface area (Å²) in [7, 11) is 4.63. The molecule has 1 fully saturated rings. The van der Waals surface area contributed by atoms with Crippen molar-refractivity contribution in [1.29, 1.82) is 0 Å². The average molecular weight is 522 g/mol. The van der Waals surface area contributed by atoms with E-state index >= 15 is 0 Å². The summed E-state index contributed by atoms with van der Waals surface area (Å²) in [5.74, 6) is -0.102. The van der Waals surface area contributed by atoms with Gasteiger partial charge in [-0.1, -0.05) is 20.8 Å². The van der Waals surface area contributed by atoms with Crippen LogP contribution in [-0.2, 0) is 15.0 Å². The molecule has 8 heteroatoms. The summed E-state index contributed by atoms with van der Waals surface area (Å²) >= 11 is 1.43. The van der Waals surface area contributed by atoms with Crippen LogP contribution < -0.4 is 19.1 Å². The summed E-state index contributed by atoms with van der Waals surface area (Å²) in [6.45, 7) is 8.05. The molecule has 1 amide bonds. The van der Waals surface area contributed by atoms with E-state index in [9.17, 15) is 14.7 Å². The predicted molar refractivity (Wildman–Crippen MR) is 145 cm³/mol. The Kier molecular flexibility index (Phi) is 7.06. The summed E-state index contributed by atoms with van der Waals surface area (Å²) < 4.78 is 16.3. The summed E-state index contributed by atoms with van der Waals surface area (Å²) in [6, 6.07) is 11.5. The zero-order valence-corrected chi connectivity index (χ0v) is 22.9. The van der Waals surface area contributed by atoms with Crippen LogP contribution in [0.4, 0.5) is 5.69 Å². The fraction of sp³-hybridized carbons (Fsp3) is 0.310. The maximum atomic E-state index is 13.5. The monoisotopic (exact) mass is 521 g/mol. The number of carbonyl (C=O) groups is 2. The van der Waals surface area contributed by atoms with Crippen LogP contribution in [0, 0.1) is 6.92 Å². The number of hydrogen-bond donors (Lipinski definition) is 1. The highest BCUT2D eigenvalue weighted by Crippen LogP contribution is 2.46. The standard InChI is InChI=1S/C29H31NO6S/c1-16-12-13-37-27(16)24-23(25(31)17-8-10-20(34-5)19(14-17)29(2,3)4)26(32)28(33)30(24)18-9-11-21(35-6)22(15-18)36-7/h8-15,24,31H,1-7H3/b25-23-. The maximum Gasteiger partial charge on any atom is 0.300 e. The van der Waals surface area contributed by atoms with Gasteiger partial charge in [-0.2, -0.15) is 0 Å². The van der Waals surface area contributed by atoms with E-state index in [0.29, 0.717) is 28.5 Å². The van der Waals surface area contributed by atoms with E-state index in [1.54, 1.807) is 37.4 Å². The molecule has 1 aromatic heterocycles. The van der Waals surface area contributed by atoms with Gasteiger partial charge >= 0.3 is 0 Å². The number of amides is 1. The second kappa shape index (κ2) is 9.94. The fourth-order valence-corrected chi connectivity index (χ4v) is 5.61. The first-order chi connectivity index (χ1) is 17.5. The molecular formula is C29H31NO6S. The number of ether oxygens (including phenoxy) is 3. The second-order valence-electron chi connectivity index (χ2n) is 9.84. The second-order valence-corrected chi connectivity index (χ2v) is 10.8. The SMILES string of the molecule is COc1ccc(N2C(=O)C(=O)/C(=C(\O)c3ccc(OC)c(C(C)(C)C)c3)C2c2sccc2C)cc1OC. The molecule has 1 atom stereocenters. The molecule has 3 aromatic rings. The number of aliphatic hydroxyl groups is 1. The first-order valence-corrected chi connectivity index (χ1v) is 12.7. The molecule has 0 spiro atoms. The highest BCUT2D eigenvalue weighted by atomic mass is 32.1. The molecule has 194 valence electrons. The summed E-state index contributed by atoms with van der Waals surface area (Å²) in [5.41, 5.74) is 2.44. The number of rotatable bonds is 6. The van der Waals surface area contributed by atoms with Crippen LogP contribution in [0.15, 0.2) is 53.4 Å². The molecule has 1 unspecified atom stereocenters. The van der Waals surface area contributed by atoms with E-state index in [-0.39, 0.29) is 16.7 Å². The first kappa shape index (κ1) is 26.3. The molecule has 37 heavy (non-hydrogen) atoms. The van der Waals surface area contributed by atoms with Gasteiger partial charge in [0, 0.05) is 27.8 Å². The van der Waals surface area contributed by atoms with Gasteiger partial charge in [-0.15, -0.1) is 11.3 Å². The molecule has 1 saturated heterocycles. The molecule has 0 aliphatic carbocycles. The van der Waals surface area contributed by atoms with Gasteiger partial charge in [0.25, 0.3) is 11.7 Å². The molecule has 1 aliphatic heterocycles. The Morgan fingerprint density at radius 3 is 2.14 bits per heavy atom. The minimum Gasteiger partial charge on any atom is -0.507 e. The summed E-state index contributed by atoms with van der Waals surface area (Å²) in [6.07, 6.45) is 0. The van der Waals surface area contributed by atoms with Crippen molar-refractivity contribution >= 4 is 34.5 Å². The Bertz CT molecular complexity index is 1400. The van der Waals surface area contributed by atoms with Crippen molar-refractivity contribution in [2.24, 2.45) is 0 Å². The van der Waals surface area contributed by atoms with Crippen molar-refractivity contribution in [1.82, 2.24) is 0 Å². The van der Waals surface area contributed by atoms with Gasteiger partial charge in [-0.05, 0) is 59.7 Å². The smallest absolute Gasteiger partial charge is 0.300 e. The molecule has 1 aliphatic rings. The van der Waals surface area contributed by atoms with Gasteiger partial charge in [0.15, 0.2) is 11.5 Å². The van der Waals surface area contributed by atoms with Crippen molar-refractivity contribution in [3.63, 3.8) is 0 Å². The lowest BCUT2D eigenvalue weighted by Crippen LogP contribution is -2.29. The van der Waals surface area contributed by atoms with E-state index in [0.717, 1.165) is 16.0 Å². The number of nitrogens with zero attached hydrogens (tertiary/aromatic N) is 1. The summed E-state index contributed by atoms with van der Waals surface area (Å²) in [5, 5.41) is 13.5. The van der Waals surface area contributed by atoms with Crippen LogP contribution in [0.5, 0.6) is 17.2 Å². The lowest BCUT2D eigenvalue weighted by Gasteiger charge is -2.26. The lowest BCUT2D eigenvalue weighted by molar-refractivity contribution is -0.132. The third kappa shape index (κ3) is 4.57. The first-order valence-electron chi connectivity index (χ1n) is 11.8. The van der Waals surface area contributed by atoms with Gasteiger partial charge in [0.1, 0.15) is 17.6 Å². The van der Waals surface area contributed by atoms with Gasteiger partial charge < -0.3 is 19.3 Å². The quantitative estimate of drug-likeness (QED) is 0.243. The maximum absolute atomic E-state index is 13.5. The Labute approximate surface area is 220 Å². The molecule has 2 heterocycles. The number of anilines is 1. The number of thiophene rings is 1. The predicted octanol–water partition coefficient (Wildman–Crippen LogP) is 6.01. The lowest BCUT2D eigenvalue weighted by atomic mass is 9.84. The van der Waals surface area contributed by atoms with Crippen LogP contribution >= 0.6 is 11.3 Å². The minimum atomic E-state index is -0.807. The number of ketones is 1. The Balaban J connectivity index is 1.96. The number of methoxy groups -OCH3 is 3. The largest absolute Gasteiger partial charge is 0.507 e. The van der Waals surface area contributed by atoms with Gasteiger partial charge in [0.2, 0.25) is 0 Å². The highest BCUT2D eigenvalue weighted by Gasteiger charge is 2.48. The average Bonchev–Trinajstić information content (AvgIpc) is 3.41. The van der Waals surface area contributed by atoms with Crippen LogP contribution in [0.1, 0.15) is 48.4 Å². The van der Waals surface area contributed by atoms with Crippen LogP contribution in [0.2, 0.25) is 0 Å². The molecule has 0 saturated carbocycles. The zero-order chi connectivity index (χ0) is 27.1. The van der Waals surface area contributed by atoms with E-state index in [4.69, 9.17) is 14.2 Å². The van der Waals surface area contributed by atoms with Gasteiger partial charge in [-0.25, -0.2) is 0 Å². The van der Waals surface area contributed by atoms with Crippen LogP contribution in [0.3, 0.4) is 0 Å². The minimum absolute atomic E-state index is 0.0374. The Hall–Kier alpha value is -3.78. The molecular weight excluding hydrogens is 490 g/mol. The van der Waals surface area contributed by atoms with Crippen LogP contribution in [-0.4, -0.2) is 38.1 Å². The number of aryl methyl sites for hydroxylation is 1. The van der Waals surface area contributed by atoms with Crippen LogP contribution in [0.25, 0.3) is 5.76 Å². The number of benzene rings is 2. The highest BCUT2D eigenvalue weighted by molar-refractivity contribution is 7.10. The van der Waals surface area contributed by atoms with Crippen molar-refractivity contribution in [2.75, 3.05) is 26.2 Å². The van der Waals surface area contributed by atoms with E-state index < -0.39 is 17.7 Å². The van der Waals surface area contributed by atoms with Crippen molar-refractivity contribution in [3.8, 4) is 17.2 Å². The van der Waals surface area contributed by atoms with E-state index in [2.05, 4.69) is 0 Å². The zero-order valence-electron chi connectivity index (χ0n) is 22.0. The molecule has 0 bridgehead atoms. The number of Topliss-reactive ketones (excluding diaryl/α,β-unsaturated/α-hetero) is 1.